The van der Waals surface area contributed by atoms with E-state index < -0.39 is 6.10 Å². The minimum atomic E-state index is -0.738. The fraction of sp³-hybridized carbons (Fsp3) is 0.625. The van der Waals surface area contributed by atoms with Crippen molar-refractivity contribution in [3.8, 4) is 0 Å². The molecular formula is C16H24FNO. The number of likely N-dealkylation sites (tertiary alicyclic amines) is 1. The van der Waals surface area contributed by atoms with Gasteiger partial charge in [-0.05, 0) is 45.2 Å². The highest BCUT2D eigenvalue weighted by Crippen LogP contribution is 2.32. The Labute approximate surface area is 115 Å². The van der Waals surface area contributed by atoms with Crippen LogP contribution in [0, 0.1) is 11.7 Å². The van der Waals surface area contributed by atoms with E-state index in [2.05, 4.69) is 18.7 Å². The average molecular weight is 265 g/mol. The normalized spacial score (nSPS) is 22.4. The number of aliphatic hydroxyl groups excluding tert-OH is 1. The van der Waals surface area contributed by atoms with E-state index >= 15 is 0 Å². The molecule has 2 rings (SSSR count). The second kappa shape index (κ2) is 5.59. The van der Waals surface area contributed by atoms with E-state index in [0.717, 1.165) is 13.1 Å². The molecule has 1 aromatic carbocycles. The van der Waals surface area contributed by atoms with Crippen LogP contribution in [0.15, 0.2) is 24.3 Å². The van der Waals surface area contributed by atoms with Gasteiger partial charge in [-0.1, -0.05) is 25.1 Å². The maximum absolute atomic E-state index is 13.7. The molecule has 3 heteroatoms. The molecule has 2 unspecified atom stereocenters. The highest BCUT2D eigenvalue weighted by atomic mass is 19.1. The Morgan fingerprint density at radius 1 is 1.37 bits per heavy atom. The van der Waals surface area contributed by atoms with Crippen molar-refractivity contribution in [3.63, 3.8) is 0 Å². The summed E-state index contributed by atoms with van der Waals surface area (Å²) in [5, 5.41) is 10.3. The van der Waals surface area contributed by atoms with Gasteiger partial charge in [0.05, 0.1) is 6.10 Å². The number of aliphatic hydroxyl groups is 1. The van der Waals surface area contributed by atoms with Crippen LogP contribution in [0.4, 0.5) is 4.39 Å². The third kappa shape index (κ3) is 3.15. The maximum atomic E-state index is 13.7. The molecule has 1 fully saturated rings. The molecular weight excluding hydrogens is 241 g/mol. The monoisotopic (exact) mass is 265 g/mol. The van der Waals surface area contributed by atoms with Crippen molar-refractivity contribution >= 4 is 0 Å². The van der Waals surface area contributed by atoms with E-state index in [1.165, 1.54) is 18.9 Å². The molecule has 1 saturated heterocycles. The third-order valence-corrected chi connectivity index (χ3v) is 4.34. The predicted octanol–water partition coefficient (Wildman–Crippen LogP) is 3.37. The number of hydrogen-bond acceptors (Lipinski definition) is 2. The molecule has 0 aliphatic carbocycles. The number of halogens is 1. The summed E-state index contributed by atoms with van der Waals surface area (Å²) in [5.41, 5.74) is 0.607. The fourth-order valence-corrected chi connectivity index (χ4v) is 2.97. The molecule has 106 valence electrons. The molecule has 0 saturated carbocycles. The predicted molar refractivity (Wildman–Crippen MR) is 75.4 cm³/mol. The Kier molecular flexibility index (Phi) is 4.26. The molecule has 1 N–H and O–H groups in total. The van der Waals surface area contributed by atoms with E-state index in [4.69, 9.17) is 0 Å². The van der Waals surface area contributed by atoms with Crippen molar-refractivity contribution in [2.24, 2.45) is 5.92 Å². The maximum Gasteiger partial charge on any atom is 0.129 e. The topological polar surface area (TPSA) is 23.5 Å². The Balaban J connectivity index is 2.04. The molecule has 0 amide bonds. The van der Waals surface area contributed by atoms with Gasteiger partial charge in [0, 0.05) is 17.6 Å². The second-order valence-electron chi connectivity index (χ2n) is 6.31. The number of benzene rings is 1. The molecule has 1 aliphatic rings. The van der Waals surface area contributed by atoms with Crippen molar-refractivity contribution in [1.82, 2.24) is 4.90 Å². The van der Waals surface area contributed by atoms with Gasteiger partial charge in [0.1, 0.15) is 5.82 Å². The molecule has 1 aliphatic heterocycles. The largest absolute Gasteiger partial charge is 0.388 e. The first kappa shape index (κ1) is 14.5. The minimum absolute atomic E-state index is 0.0225. The summed E-state index contributed by atoms with van der Waals surface area (Å²) in [7, 11) is 0. The Morgan fingerprint density at radius 3 is 2.63 bits per heavy atom. The van der Waals surface area contributed by atoms with Crippen LogP contribution in [0.25, 0.3) is 0 Å². The van der Waals surface area contributed by atoms with Crippen LogP contribution in [0.3, 0.4) is 0 Å². The molecule has 0 radical (unpaired) electrons. The van der Waals surface area contributed by atoms with Crippen LogP contribution in [-0.2, 0) is 0 Å². The molecule has 2 atom stereocenters. The smallest absolute Gasteiger partial charge is 0.129 e. The summed E-state index contributed by atoms with van der Waals surface area (Å²) in [5.74, 6) is -0.295. The van der Waals surface area contributed by atoms with Gasteiger partial charge in [-0.3, -0.25) is 4.90 Å². The zero-order valence-electron chi connectivity index (χ0n) is 12.1. The number of rotatable bonds is 4. The molecule has 0 aromatic heterocycles. The van der Waals surface area contributed by atoms with Gasteiger partial charge in [-0.2, -0.15) is 0 Å². The summed E-state index contributed by atoms with van der Waals surface area (Å²) in [6.45, 7) is 8.35. The van der Waals surface area contributed by atoms with Crippen LogP contribution < -0.4 is 0 Å². The van der Waals surface area contributed by atoms with Gasteiger partial charge in [0.25, 0.3) is 0 Å². The molecule has 1 aromatic rings. The van der Waals surface area contributed by atoms with Crippen molar-refractivity contribution < 1.29 is 9.50 Å². The lowest BCUT2D eigenvalue weighted by atomic mass is 9.94. The Hall–Kier alpha value is -0.930. The Morgan fingerprint density at radius 2 is 2.05 bits per heavy atom. The summed E-state index contributed by atoms with van der Waals surface area (Å²) in [6, 6.07) is 6.50. The van der Waals surface area contributed by atoms with Crippen molar-refractivity contribution in [2.75, 3.05) is 13.1 Å². The van der Waals surface area contributed by atoms with E-state index in [1.807, 2.05) is 6.92 Å². The fourth-order valence-electron chi connectivity index (χ4n) is 2.97. The van der Waals surface area contributed by atoms with Gasteiger partial charge in [0.15, 0.2) is 0 Å². The van der Waals surface area contributed by atoms with Crippen LogP contribution >= 0.6 is 0 Å². The summed E-state index contributed by atoms with van der Waals surface area (Å²) in [4.78, 5) is 2.40. The quantitative estimate of drug-likeness (QED) is 0.902. The highest BCUT2D eigenvalue weighted by Gasteiger charge is 2.34. The van der Waals surface area contributed by atoms with Crippen LogP contribution in [0.2, 0.25) is 0 Å². The van der Waals surface area contributed by atoms with Crippen molar-refractivity contribution in [1.29, 1.82) is 0 Å². The van der Waals surface area contributed by atoms with Crippen LogP contribution in [0.5, 0.6) is 0 Å². The first-order valence-electron chi connectivity index (χ1n) is 7.09. The minimum Gasteiger partial charge on any atom is -0.388 e. The van der Waals surface area contributed by atoms with Gasteiger partial charge in [-0.25, -0.2) is 4.39 Å². The molecule has 1 heterocycles. The molecule has 0 bridgehead atoms. The zero-order chi connectivity index (χ0) is 14.0. The zero-order valence-corrected chi connectivity index (χ0v) is 12.1. The molecule has 19 heavy (non-hydrogen) atoms. The Bertz CT molecular complexity index is 433. The van der Waals surface area contributed by atoms with Crippen LogP contribution in [0.1, 0.15) is 45.3 Å². The average Bonchev–Trinajstić information content (AvgIpc) is 2.68. The first-order valence-corrected chi connectivity index (χ1v) is 7.09. The number of hydrogen-bond donors (Lipinski definition) is 1. The molecule has 0 spiro atoms. The van der Waals surface area contributed by atoms with E-state index in [0.29, 0.717) is 5.56 Å². The lowest BCUT2D eigenvalue weighted by molar-refractivity contribution is 0.0653. The summed E-state index contributed by atoms with van der Waals surface area (Å²) < 4.78 is 13.7. The van der Waals surface area contributed by atoms with E-state index in [1.54, 1.807) is 18.2 Å². The van der Waals surface area contributed by atoms with Gasteiger partial charge in [0.2, 0.25) is 0 Å². The van der Waals surface area contributed by atoms with Crippen LogP contribution in [-0.4, -0.2) is 28.6 Å². The van der Waals surface area contributed by atoms with Gasteiger partial charge < -0.3 is 5.11 Å². The lowest BCUT2D eigenvalue weighted by Gasteiger charge is -2.35. The summed E-state index contributed by atoms with van der Waals surface area (Å²) in [6.07, 6.45) is 1.66. The van der Waals surface area contributed by atoms with E-state index in [9.17, 15) is 9.50 Å². The van der Waals surface area contributed by atoms with Gasteiger partial charge >= 0.3 is 0 Å². The highest BCUT2D eigenvalue weighted by molar-refractivity contribution is 5.20. The van der Waals surface area contributed by atoms with Crippen molar-refractivity contribution in [3.05, 3.63) is 35.6 Å². The lowest BCUT2D eigenvalue weighted by Crippen LogP contribution is -2.41. The van der Waals surface area contributed by atoms with Crippen molar-refractivity contribution in [2.45, 2.75) is 45.3 Å². The van der Waals surface area contributed by atoms with Gasteiger partial charge in [-0.15, -0.1) is 0 Å². The first-order chi connectivity index (χ1) is 8.92. The third-order valence-electron chi connectivity index (χ3n) is 4.34. The van der Waals surface area contributed by atoms with E-state index in [-0.39, 0.29) is 17.3 Å². The second-order valence-corrected chi connectivity index (χ2v) is 6.31. The summed E-state index contributed by atoms with van der Waals surface area (Å²) >= 11 is 0. The number of nitrogens with zero attached hydrogens (tertiary/aromatic N) is 1. The molecule has 2 nitrogen and oxygen atoms in total. The SMILES string of the molecule is CC(CN1CCCC1(C)C)C(O)c1ccccc1F. The standard InChI is InChI=1S/C16H24FNO/c1-12(11-18-10-6-9-16(18,2)3)15(19)13-7-4-5-8-14(13)17/h4-5,7-8,12,15,19H,6,9-11H2,1-3H3.